The summed E-state index contributed by atoms with van der Waals surface area (Å²) in [5.41, 5.74) is 9.10. The summed E-state index contributed by atoms with van der Waals surface area (Å²) in [6.07, 6.45) is 0. The number of hydrogen-bond acceptors (Lipinski definition) is 5. The lowest BCUT2D eigenvalue weighted by Gasteiger charge is -2.22. The maximum Gasteiger partial charge on any atom is 0.214 e. The molecule has 0 spiro atoms. The maximum atomic E-state index is 12.2. The number of quaternary nitrogens is 2. The highest BCUT2D eigenvalue weighted by Gasteiger charge is 2.12. The van der Waals surface area contributed by atoms with Crippen molar-refractivity contribution in [3.05, 3.63) is 88.3 Å². The van der Waals surface area contributed by atoms with E-state index in [0.29, 0.717) is 11.4 Å². The summed E-state index contributed by atoms with van der Waals surface area (Å²) < 4.78 is 0. The van der Waals surface area contributed by atoms with Crippen molar-refractivity contribution in [3.63, 3.8) is 0 Å². The number of benzene rings is 3. The van der Waals surface area contributed by atoms with Crippen LogP contribution in [0.4, 0.5) is 17.1 Å². The van der Waals surface area contributed by atoms with Gasteiger partial charge >= 0.3 is 0 Å². The van der Waals surface area contributed by atoms with Gasteiger partial charge in [0.05, 0.1) is 5.69 Å². The predicted octanol–water partition coefficient (Wildman–Crippen LogP) is 1.90. The van der Waals surface area contributed by atoms with Crippen molar-refractivity contribution < 1.29 is 20.1 Å². The first-order valence-corrected chi connectivity index (χ1v) is 8.39. The summed E-state index contributed by atoms with van der Waals surface area (Å²) in [7, 11) is 0. The lowest BCUT2D eigenvalue weighted by molar-refractivity contribution is -0.963. The molecule has 3 rings (SSSR count). The quantitative estimate of drug-likeness (QED) is 0.456. The van der Waals surface area contributed by atoms with Crippen molar-refractivity contribution in [2.75, 3.05) is 5.73 Å². The molecule has 0 saturated carbocycles. The molecule has 0 amide bonds. The Labute approximate surface area is 157 Å². The standard InChI is InChI=1S/C20H21N3O4/c1-14-3-7-16(8-4-14)22(24)26-18-11-12-20(19(21)13-18)27-23(25)17-9-5-15(2)6-10-17/h3-13,22-23H,21H2,1-2H3. The molecule has 27 heavy (non-hydrogen) atoms. The van der Waals surface area contributed by atoms with E-state index in [9.17, 15) is 10.4 Å². The molecule has 4 N–H and O–H groups in total. The largest absolute Gasteiger partial charge is 0.585 e. The van der Waals surface area contributed by atoms with Crippen LogP contribution in [0.5, 0.6) is 11.5 Å². The van der Waals surface area contributed by atoms with Gasteiger partial charge in [-0.1, -0.05) is 35.4 Å². The zero-order valence-electron chi connectivity index (χ0n) is 15.1. The molecule has 0 aliphatic carbocycles. The fourth-order valence-corrected chi connectivity index (χ4v) is 2.39. The van der Waals surface area contributed by atoms with Gasteiger partial charge in [0.15, 0.2) is 17.1 Å². The molecule has 3 aromatic rings. The van der Waals surface area contributed by atoms with Crippen LogP contribution in [0, 0.1) is 24.3 Å². The molecular weight excluding hydrogens is 346 g/mol. The van der Waals surface area contributed by atoms with E-state index in [-0.39, 0.29) is 17.2 Å². The number of rotatable bonds is 6. The molecule has 0 aromatic heterocycles. The molecule has 0 fully saturated rings. The van der Waals surface area contributed by atoms with Gasteiger partial charge in [-0.2, -0.15) is 0 Å². The fraction of sp³-hybridized carbons (Fsp3) is 0.100. The van der Waals surface area contributed by atoms with E-state index in [1.165, 1.54) is 18.2 Å². The summed E-state index contributed by atoms with van der Waals surface area (Å²) in [6, 6.07) is 18.6. The molecule has 0 aliphatic heterocycles. The van der Waals surface area contributed by atoms with Crippen molar-refractivity contribution in [2.45, 2.75) is 13.8 Å². The van der Waals surface area contributed by atoms with Gasteiger partial charge in [-0.25, -0.2) is 0 Å². The molecule has 0 aliphatic rings. The SMILES string of the molecule is Cc1ccc([NH+]([O-])Oc2ccc(O[NH+]([O-])c3ccc(C)cc3)c(N)c2)cc1. The van der Waals surface area contributed by atoms with E-state index in [1.54, 1.807) is 24.3 Å². The van der Waals surface area contributed by atoms with Gasteiger partial charge in [0, 0.05) is 30.3 Å². The Morgan fingerprint density at radius 1 is 0.704 bits per heavy atom. The summed E-state index contributed by atoms with van der Waals surface area (Å²) >= 11 is 0. The van der Waals surface area contributed by atoms with E-state index < -0.39 is 10.5 Å². The van der Waals surface area contributed by atoms with E-state index in [2.05, 4.69) is 0 Å². The van der Waals surface area contributed by atoms with Crippen LogP contribution in [0.25, 0.3) is 0 Å². The van der Waals surface area contributed by atoms with Gasteiger partial charge in [-0.05, 0) is 26.0 Å². The zero-order valence-corrected chi connectivity index (χ0v) is 15.1. The highest BCUT2D eigenvalue weighted by atomic mass is 16.9. The number of nitrogens with one attached hydrogen (secondary N) is 2. The zero-order chi connectivity index (χ0) is 19.4. The third kappa shape index (κ3) is 4.75. The third-order valence-electron chi connectivity index (χ3n) is 3.97. The Bertz CT molecular complexity index is 898. The molecule has 140 valence electrons. The monoisotopic (exact) mass is 367 g/mol. The number of hydrogen-bond donors (Lipinski definition) is 3. The third-order valence-corrected chi connectivity index (χ3v) is 3.97. The topological polar surface area (TPSA) is 99.5 Å². The van der Waals surface area contributed by atoms with Crippen LogP contribution in [0.2, 0.25) is 0 Å². The van der Waals surface area contributed by atoms with Crippen LogP contribution in [0.3, 0.4) is 0 Å². The van der Waals surface area contributed by atoms with Crippen LogP contribution in [-0.2, 0) is 0 Å². The lowest BCUT2D eigenvalue weighted by Crippen LogP contribution is -3.04. The second kappa shape index (κ2) is 8.07. The Hall–Kier alpha value is -3.10. The number of anilines is 1. The molecule has 0 bridgehead atoms. The van der Waals surface area contributed by atoms with E-state index >= 15 is 0 Å². The average molecular weight is 367 g/mol. The van der Waals surface area contributed by atoms with E-state index in [1.807, 2.05) is 38.1 Å². The lowest BCUT2D eigenvalue weighted by atomic mass is 10.2. The average Bonchev–Trinajstić information content (AvgIpc) is 2.65. The maximum absolute atomic E-state index is 12.2. The first kappa shape index (κ1) is 18.7. The minimum absolute atomic E-state index is 0.199. The summed E-state index contributed by atoms with van der Waals surface area (Å²) in [4.78, 5) is 10.6. The molecule has 0 heterocycles. The van der Waals surface area contributed by atoms with Crippen LogP contribution >= 0.6 is 0 Å². The summed E-state index contributed by atoms with van der Waals surface area (Å²) in [5.74, 6) is 0.476. The Morgan fingerprint density at radius 2 is 1.19 bits per heavy atom. The second-order valence-corrected chi connectivity index (χ2v) is 6.21. The highest BCUT2D eigenvalue weighted by Crippen LogP contribution is 2.25. The van der Waals surface area contributed by atoms with E-state index in [0.717, 1.165) is 11.1 Å². The van der Waals surface area contributed by atoms with Gasteiger partial charge in [0.1, 0.15) is 0 Å². The van der Waals surface area contributed by atoms with Crippen molar-refractivity contribution in [3.8, 4) is 11.5 Å². The van der Waals surface area contributed by atoms with Crippen LogP contribution in [-0.4, -0.2) is 0 Å². The predicted molar refractivity (Wildman–Crippen MR) is 102 cm³/mol. The first-order valence-electron chi connectivity index (χ1n) is 8.39. The second-order valence-electron chi connectivity index (χ2n) is 6.21. The Balaban J connectivity index is 1.67. The normalized spacial score (nSPS) is 13.0. The van der Waals surface area contributed by atoms with Gasteiger partial charge in [0.2, 0.25) is 5.75 Å². The van der Waals surface area contributed by atoms with Gasteiger partial charge in [0.25, 0.3) is 0 Å². The molecule has 0 radical (unpaired) electrons. The number of nitrogens with two attached hydrogens (primary N) is 1. The smallest absolute Gasteiger partial charge is 0.214 e. The number of aryl methyl sites for hydroxylation is 2. The van der Waals surface area contributed by atoms with Gasteiger partial charge in [-0.15, -0.1) is 10.5 Å². The molecule has 7 nitrogen and oxygen atoms in total. The van der Waals surface area contributed by atoms with Crippen molar-refractivity contribution >= 4 is 17.1 Å². The summed E-state index contributed by atoms with van der Waals surface area (Å²) in [5, 5.41) is 23.4. The van der Waals surface area contributed by atoms with Gasteiger partial charge < -0.3 is 25.8 Å². The van der Waals surface area contributed by atoms with Crippen LogP contribution < -0.4 is 25.9 Å². The Kier molecular flexibility index (Phi) is 5.58. The molecule has 2 atom stereocenters. The highest BCUT2D eigenvalue weighted by molar-refractivity contribution is 5.55. The van der Waals surface area contributed by atoms with Crippen LogP contribution in [0.1, 0.15) is 11.1 Å². The molecule has 0 saturated heterocycles. The molecular formula is C20H21N3O4. The Morgan fingerprint density at radius 3 is 1.67 bits per heavy atom. The van der Waals surface area contributed by atoms with Gasteiger partial charge in [-0.3, -0.25) is 0 Å². The first-order chi connectivity index (χ1) is 12.9. The minimum Gasteiger partial charge on any atom is -0.585 e. The van der Waals surface area contributed by atoms with Crippen molar-refractivity contribution in [1.29, 1.82) is 0 Å². The van der Waals surface area contributed by atoms with E-state index in [4.69, 9.17) is 15.4 Å². The fourth-order valence-electron chi connectivity index (χ4n) is 2.39. The molecule has 3 aromatic carbocycles. The molecule has 2 unspecified atom stereocenters. The van der Waals surface area contributed by atoms with Crippen molar-refractivity contribution in [1.82, 2.24) is 0 Å². The minimum atomic E-state index is -0.508. The van der Waals surface area contributed by atoms with Crippen molar-refractivity contribution in [2.24, 2.45) is 0 Å². The number of nitrogen functional groups attached to an aromatic ring is 1. The summed E-state index contributed by atoms with van der Waals surface area (Å²) in [6.45, 7) is 3.87. The molecule has 7 heteroatoms. The van der Waals surface area contributed by atoms with Crippen LogP contribution in [0.15, 0.2) is 66.7 Å².